The number of carbonyl (C=O) groups is 1. The molecule has 2 N–H and O–H groups in total. The number of nitrogens with zero attached hydrogens (tertiary/aromatic N) is 5. The summed E-state index contributed by atoms with van der Waals surface area (Å²) in [5.41, 5.74) is 1.50. The number of pyridine rings is 1. The minimum absolute atomic E-state index is 0.283. The summed E-state index contributed by atoms with van der Waals surface area (Å²) < 4.78 is 6.15. The predicted molar refractivity (Wildman–Crippen MR) is 148 cm³/mol. The second-order valence-electron chi connectivity index (χ2n) is 8.91. The van der Waals surface area contributed by atoms with E-state index in [9.17, 15) is 9.59 Å². The van der Waals surface area contributed by atoms with Crippen LogP contribution in [0.3, 0.4) is 0 Å². The molecule has 0 amide bonds. The average Bonchev–Trinajstić information content (AvgIpc) is 2.93. The molecule has 0 bridgehead atoms. The zero-order valence-corrected chi connectivity index (χ0v) is 21.6. The van der Waals surface area contributed by atoms with Crippen molar-refractivity contribution in [3.63, 3.8) is 0 Å². The van der Waals surface area contributed by atoms with Gasteiger partial charge in [-0.1, -0.05) is 30.0 Å². The molecule has 1 fully saturated rings. The van der Waals surface area contributed by atoms with Crippen LogP contribution in [0.4, 0.5) is 5.82 Å². The van der Waals surface area contributed by atoms with Gasteiger partial charge in [0.1, 0.15) is 5.82 Å². The molecular formula is C27H30N6O3S. The van der Waals surface area contributed by atoms with Crippen molar-refractivity contribution in [3.05, 3.63) is 70.5 Å². The van der Waals surface area contributed by atoms with Crippen LogP contribution in [0, 0.1) is 0 Å². The number of benzene rings is 2. The molecule has 0 saturated carbocycles. The first kappa shape index (κ1) is 25.0. The highest BCUT2D eigenvalue weighted by Crippen LogP contribution is 2.21. The molecular weight excluding hydrogens is 488 g/mol. The van der Waals surface area contributed by atoms with Crippen LogP contribution in [-0.2, 0) is 4.74 Å². The molecule has 1 aliphatic rings. The zero-order valence-electron chi connectivity index (χ0n) is 20.8. The quantitative estimate of drug-likeness (QED) is 0.124. The van der Waals surface area contributed by atoms with Gasteiger partial charge in [-0.2, -0.15) is 0 Å². The largest absolute Gasteiger partial charge is 0.462 e. The Morgan fingerprint density at radius 2 is 1.84 bits per heavy atom. The lowest BCUT2D eigenvalue weighted by Crippen LogP contribution is -2.47. The van der Waals surface area contributed by atoms with Gasteiger partial charge in [0.25, 0.3) is 5.56 Å². The number of fused-ring (bicyclic) bond motifs is 2. The van der Waals surface area contributed by atoms with Crippen LogP contribution in [0.2, 0.25) is 0 Å². The lowest BCUT2D eigenvalue weighted by atomic mass is 10.1. The fraction of sp³-hybridized carbons (Fsp3) is 0.333. The van der Waals surface area contributed by atoms with E-state index in [0.717, 1.165) is 66.3 Å². The fourth-order valence-corrected chi connectivity index (χ4v) is 5.35. The van der Waals surface area contributed by atoms with Gasteiger partial charge in [0.05, 0.1) is 28.6 Å². The maximum absolute atomic E-state index is 12.7. The van der Waals surface area contributed by atoms with Crippen molar-refractivity contribution in [2.24, 2.45) is 0 Å². The third-order valence-electron chi connectivity index (χ3n) is 6.51. The van der Waals surface area contributed by atoms with Crippen molar-refractivity contribution < 1.29 is 9.53 Å². The molecule has 0 aliphatic carbocycles. The molecule has 4 aromatic rings. The Labute approximate surface area is 219 Å². The summed E-state index contributed by atoms with van der Waals surface area (Å²) >= 11 is 1.45. The van der Waals surface area contributed by atoms with Crippen molar-refractivity contribution >= 4 is 45.4 Å². The summed E-state index contributed by atoms with van der Waals surface area (Å²) in [6.07, 6.45) is 0.940. The van der Waals surface area contributed by atoms with Gasteiger partial charge in [-0.25, -0.2) is 19.4 Å². The molecule has 9 nitrogen and oxygen atoms in total. The molecule has 0 unspecified atom stereocenters. The number of hydrogen-bond acceptors (Lipinski definition) is 9. The Morgan fingerprint density at radius 1 is 1.03 bits per heavy atom. The van der Waals surface area contributed by atoms with E-state index in [0.29, 0.717) is 21.6 Å². The number of nitrogens with two attached hydrogens (primary N) is 1. The Morgan fingerprint density at radius 3 is 2.65 bits per heavy atom. The standard InChI is InChI=1S/C27H30N6O3S/c1-2-36-26(35)20-8-10-21-23(18-20)30-27(33(28)25(21)34)37-17-5-12-31-13-15-32(16-14-31)24-11-9-19-6-3-4-7-22(19)29-24/h3-4,6-11,18H,2,5,12-17,28H2,1H3. The van der Waals surface area contributed by atoms with Gasteiger partial charge in [-0.05, 0) is 56.3 Å². The number of rotatable bonds is 8. The van der Waals surface area contributed by atoms with E-state index in [1.165, 1.54) is 11.8 Å². The molecule has 1 aliphatic heterocycles. The molecule has 37 heavy (non-hydrogen) atoms. The summed E-state index contributed by atoms with van der Waals surface area (Å²) in [5.74, 6) is 7.40. The lowest BCUT2D eigenvalue weighted by molar-refractivity contribution is 0.0526. The van der Waals surface area contributed by atoms with Crippen molar-refractivity contribution in [1.82, 2.24) is 19.5 Å². The molecule has 1 saturated heterocycles. The lowest BCUT2D eigenvalue weighted by Gasteiger charge is -2.35. The summed E-state index contributed by atoms with van der Waals surface area (Å²) in [4.78, 5) is 38.9. The highest BCUT2D eigenvalue weighted by molar-refractivity contribution is 7.99. The van der Waals surface area contributed by atoms with Crippen LogP contribution in [0.15, 0.2) is 64.5 Å². The monoisotopic (exact) mass is 518 g/mol. The summed E-state index contributed by atoms with van der Waals surface area (Å²) in [5, 5.41) is 1.97. The highest BCUT2D eigenvalue weighted by atomic mass is 32.2. The Balaban J connectivity index is 1.14. The molecule has 10 heteroatoms. The maximum atomic E-state index is 12.7. The number of anilines is 1. The number of esters is 1. The van der Waals surface area contributed by atoms with E-state index in [1.54, 1.807) is 25.1 Å². The zero-order chi connectivity index (χ0) is 25.8. The minimum Gasteiger partial charge on any atom is -0.462 e. The van der Waals surface area contributed by atoms with Gasteiger partial charge >= 0.3 is 5.97 Å². The fourth-order valence-electron chi connectivity index (χ4n) is 4.51. The number of para-hydroxylation sites is 1. The smallest absolute Gasteiger partial charge is 0.338 e. The van der Waals surface area contributed by atoms with Crippen LogP contribution < -0.4 is 16.3 Å². The molecule has 0 spiro atoms. The van der Waals surface area contributed by atoms with Crippen LogP contribution in [-0.4, -0.2) is 70.6 Å². The summed E-state index contributed by atoms with van der Waals surface area (Å²) in [7, 11) is 0. The topological polar surface area (TPSA) is 107 Å². The Bertz CT molecular complexity index is 1480. The minimum atomic E-state index is -0.436. The van der Waals surface area contributed by atoms with Crippen LogP contribution >= 0.6 is 11.8 Å². The van der Waals surface area contributed by atoms with E-state index in [1.807, 2.05) is 12.1 Å². The summed E-state index contributed by atoms with van der Waals surface area (Å²) in [6, 6.07) is 17.1. The summed E-state index contributed by atoms with van der Waals surface area (Å²) in [6.45, 7) is 6.83. The number of ether oxygens (including phenoxy) is 1. The molecule has 0 atom stereocenters. The molecule has 2 aromatic carbocycles. The number of hydrogen-bond donors (Lipinski definition) is 1. The van der Waals surface area contributed by atoms with Gasteiger partial charge in [0.15, 0.2) is 5.16 Å². The van der Waals surface area contributed by atoms with E-state index in [-0.39, 0.29) is 12.2 Å². The normalized spacial score (nSPS) is 14.4. The van der Waals surface area contributed by atoms with E-state index < -0.39 is 5.97 Å². The number of carbonyl (C=O) groups excluding carboxylic acids is 1. The van der Waals surface area contributed by atoms with Gasteiger partial charge < -0.3 is 15.5 Å². The van der Waals surface area contributed by atoms with Crippen molar-refractivity contribution in [2.75, 3.05) is 55.8 Å². The number of aromatic nitrogens is 3. The van der Waals surface area contributed by atoms with E-state index in [4.69, 9.17) is 15.6 Å². The van der Waals surface area contributed by atoms with E-state index >= 15 is 0 Å². The molecule has 2 aromatic heterocycles. The average molecular weight is 519 g/mol. The molecule has 5 rings (SSSR count). The first-order valence-electron chi connectivity index (χ1n) is 12.5. The SMILES string of the molecule is CCOC(=O)c1ccc2c(=O)n(N)c(SCCCN3CCN(c4ccc5ccccc5n4)CC3)nc2c1. The number of nitrogen functional groups attached to an aromatic ring is 1. The molecule has 0 radical (unpaired) electrons. The van der Waals surface area contributed by atoms with Gasteiger partial charge in [-0.3, -0.25) is 9.69 Å². The molecule has 3 heterocycles. The van der Waals surface area contributed by atoms with Gasteiger partial charge in [-0.15, -0.1) is 0 Å². The van der Waals surface area contributed by atoms with Crippen molar-refractivity contribution in [3.8, 4) is 0 Å². The number of thioether (sulfide) groups is 1. The second-order valence-corrected chi connectivity index (χ2v) is 9.98. The molecule has 192 valence electrons. The maximum Gasteiger partial charge on any atom is 0.338 e. The third kappa shape index (κ3) is 5.55. The Hall–Kier alpha value is -3.63. The third-order valence-corrected chi connectivity index (χ3v) is 7.55. The second kappa shape index (κ2) is 11.2. The van der Waals surface area contributed by atoms with Crippen LogP contribution in [0.25, 0.3) is 21.8 Å². The van der Waals surface area contributed by atoms with Crippen molar-refractivity contribution in [1.29, 1.82) is 0 Å². The first-order valence-corrected chi connectivity index (χ1v) is 13.5. The highest BCUT2D eigenvalue weighted by Gasteiger charge is 2.18. The van der Waals surface area contributed by atoms with Crippen molar-refractivity contribution in [2.45, 2.75) is 18.5 Å². The number of piperazine rings is 1. The first-order chi connectivity index (χ1) is 18.0. The van der Waals surface area contributed by atoms with Gasteiger partial charge in [0, 0.05) is 37.3 Å². The van der Waals surface area contributed by atoms with E-state index in [2.05, 4.69) is 39.0 Å². The van der Waals surface area contributed by atoms with Crippen LogP contribution in [0.1, 0.15) is 23.7 Å². The predicted octanol–water partition coefficient (Wildman–Crippen LogP) is 3.14. The van der Waals surface area contributed by atoms with Crippen LogP contribution in [0.5, 0.6) is 0 Å². The van der Waals surface area contributed by atoms with Gasteiger partial charge in [0.2, 0.25) is 0 Å². The Kier molecular flexibility index (Phi) is 7.57.